The molecule has 1 aliphatic rings. The van der Waals surface area contributed by atoms with Gasteiger partial charge in [0.15, 0.2) is 0 Å². The van der Waals surface area contributed by atoms with Gasteiger partial charge in [0.25, 0.3) is 5.91 Å². The normalized spacial score (nSPS) is 19.1. The van der Waals surface area contributed by atoms with Crippen LogP contribution in [0.3, 0.4) is 0 Å². The zero-order chi connectivity index (χ0) is 24.3. The Bertz CT molecular complexity index is 969. The van der Waals surface area contributed by atoms with Gasteiger partial charge in [0.05, 0.1) is 17.3 Å². The zero-order valence-corrected chi connectivity index (χ0v) is 19.1. The number of aliphatic carboxylic acids is 1. The fourth-order valence-corrected chi connectivity index (χ4v) is 3.96. The van der Waals surface area contributed by atoms with Gasteiger partial charge in [-0.1, -0.05) is 26.8 Å². The second-order valence-corrected chi connectivity index (χ2v) is 8.96. The molecule has 2 aromatic rings. The summed E-state index contributed by atoms with van der Waals surface area (Å²) in [5.41, 5.74) is 4.00. The third-order valence-electron chi connectivity index (χ3n) is 5.70. The minimum Gasteiger partial charge on any atom is -0.475 e. The summed E-state index contributed by atoms with van der Waals surface area (Å²) in [6.45, 7) is 14.1. The van der Waals surface area contributed by atoms with Crippen LogP contribution in [0.4, 0.5) is 13.2 Å². The first-order valence-corrected chi connectivity index (χ1v) is 10.5. The number of nitrogens with one attached hydrogen (secondary N) is 1. The molecule has 1 aliphatic heterocycles. The summed E-state index contributed by atoms with van der Waals surface area (Å²) in [5, 5.41) is 14.8. The van der Waals surface area contributed by atoms with E-state index in [9.17, 15) is 18.0 Å². The summed E-state index contributed by atoms with van der Waals surface area (Å²) < 4.78 is 33.6. The van der Waals surface area contributed by atoms with Crippen molar-refractivity contribution in [3.05, 3.63) is 35.2 Å². The number of alkyl halides is 3. The molecule has 0 aromatic carbocycles. The van der Waals surface area contributed by atoms with Gasteiger partial charge < -0.3 is 15.3 Å². The van der Waals surface area contributed by atoms with E-state index in [1.54, 1.807) is 6.20 Å². The molecule has 0 saturated carbocycles. The number of carboxylic acids is 1. The number of hydrogen-bond donors (Lipinski definition) is 2. The van der Waals surface area contributed by atoms with Crippen LogP contribution in [0.1, 0.15) is 55.2 Å². The summed E-state index contributed by atoms with van der Waals surface area (Å²) in [6.07, 6.45) is -1.38. The van der Waals surface area contributed by atoms with E-state index < -0.39 is 12.1 Å². The highest BCUT2D eigenvalue weighted by Gasteiger charge is 2.38. The van der Waals surface area contributed by atoms with Gasteiger partial charge in [-0.25, -0.2) is 9.31 Å². The van der Waals surface area contributed by atoms with Crippen molar-refractivity contribution in [1.29, 1.82) is 0 Å². The highest BCUT2D eigenvalue weighted by molar-refractivity contribution is 6.00. The second kappa shape index (κ2) is 9.89. The molecular weight excluding hydrogens is 425 g/mol. The Labute approximate surface area is 185 Å². The van der Waals surface area contributed by atoms with Crippen LogP contribution in [0.5, 0.6) is 0 Å². The van der Waals surface area contributed by atoms with Crippen molar-refractivity contribution in [3.63, 3.8) is 0 Å². The van der Waals surface area contributed by atoms with E-state index in [1.165, 1.54) is 5.56 Å². The largest absolute Gasteiger partial charge is 0.490 e. The van der Waals surface area contributed by atoms with Gasteiger partial charge in [-0.05, 0) is 50.3 Å². The minimum absolute atomic E-state index is 0.0102. The van der Waals surface area contributed by atoms with E-state index in [0.29, 0.717) is 5.56 Å². The first-order chi connectivity index (χ1) is 14.7. The second-order valence-electron chi connectivity index (χ2n) is 8.96. The van der Waals surface area contributed by atoms with Crippen molar-refractivity contribution >= 4 is 17.4 Å². The van der Waals surface area contributed by atoms with E-state index in [2.05, 4.69) is 49.1 Å². The van der Waals surface area contributed by atoms with Crippen LogP contribution < -0.4 is 5.32 Å². The van der Waals surface area contributed by atoms with Crippen molar-refractivity contribution < 1.29 is 27.9 Å². The third-order valence-corrected chi connectivity index (χ3v) is 5.70. The maximum Gasteiger partial charge on any atom is 0.490 e. The average Bonchev–Trinajstić information content (AvgIpc) is 3.05. The van der Waals surface area contributed by atoms with Crippen molar-refractivity contribution in [1.82, 2.24) is 19.8 Å². The molecule has 0 spiro atoms. The number of hydrogen-bond acceptors (Lipinski definition) is 4. The number of carboxylic acid groups (broad SMARTS) is 1. The molecule has 32 heavy (non-hydrogen) atoms. The molecule has 3 rings (SSSR count). The lowest BCUT2D eigenvalue weighted by atomic mass is 9.85. The number of carbonyl (C=O) groups excluding carboxylic acids is 1. The van der Waals surface area contributed by atoms with E-state index in [4.69, 9.17) is 9.90 Å². The predicted octanol–water partition coefficient (Wildman–Crippen LogP) is 3.82. The molecule has 10 heteroatoms. The van der Waals surface area contributed by atoms with Crippen LogP contribution in [-0.4, -0.2) is 63.3 Å². The monoisotopic (exact) mass is 456 g/mol. The van der Waals surface area contributed by atoms with Crippen LogP contribution in [0.15, 0.2) is 18.3 Å². The lowest BCUT2D eigenvalue weighted by Crippen LogP contribution is -2.37. The summed E-state index contributed by atoms with van der Waals surface area (Å²) in [5.74, 6) is -2.77. The van der Waals surface area contributed by atoms with Crippen molar-refractivity contribution in [2.24, 2.45) is 5.41 Å². The summed E-state index contributed by atoms with van der Waals surface area (Å²) >= 11 is 0. The molecule has 0 aliphatic carbocycles. The third kappa shape index (κ3) is 6.44. The average molecular weight is 457 g/mol. The number of fused-ring (bicyclic) bond motifs is 1. The maximum absolute atomic E-state index is 12.9. The molecule has 2 aromatic heterocycles. The van der Waals surface area contributed by atoms with Gasteiger partial charge in [0, 0.05) is 24.8 Å². The molecule has 7 nitrogen and oxygen atoms in total. The Kier molecular flexibility index (Phi) is 7.92. The van der Waals surface area contributed by atoms with E-state index in [1.807, 2.05) is 17.5 Å². The summed E-state index contributed by atoms with van der Waals surface area (Å²) in [4.78, 5) is 24.3. The van der Waals surface area contributed by atoms with Crippen LogP contribution in [-0.2, 0) is 4.79 Å². The summed E-state index contributed by atoms with van der Waals surface area (Å²) in [7, 11) is 0. The van der Waals surface area contributed by atoms with Crippen LogP contribution in [0.25, 0.3) is 5.52 Å². The van der Waals surface area contributed by atoms with Crippen LogP contribution >= 0.6 is 0 Å². The standard InChI is InChI=1S/C20H30N4O.C2HF3O2/c1-6-23-10-9-16(11-20(4,5)13-23)22-19(25)17-12-21-24-15(3)14(2)7-8-18(17)24;3-2(4,5)1(6)7/h7-8,12,16H,6,9-11,13H2,1-5H3,(H,22,25);(H,6,7). The first-order valence-electron chi connectivity index (χ1n) is 10.5. The minimum atomic E-state index is -5.08. The smallest absolute Gasteiger partial charge is 0.475 e. The number of nitrogens with zero attached hydrogens (tertiary/aromatic N) is 3. The van der Waals surface area contributed by atoms with E-state index >= 15 is 0 Å². The van der Waals surface area contributed by atoms with Gasteiger partial charge in [0.2, 0.25) is 0 Å². The maximum atomic E-state index is 12.9. The Morgan fingerprint density at radius 2 is 1.91 bits per heavy atom. The van der Waals surface area contributed by atoms with Crippen LogP contribution in [0, 0.1) is 19.3 Å². The number of pyridine rings is 1. The van der Waals surface area contributed by atoms with E-state index in [-0.39, 0.29) is 17.4 Å². The molecule has 0 bridgehead atoms. The number of aryl methyl sites for hydroxylation is 2. The highest BCUT2D eigenvalue weighted by Crippen LogP contribution is 2.28. The van der Waals surface area contributed by atoms with Gasteiger partial charge in [-0.15, -0.1) is 0 Å². The predicted molar refractivity (Wildman–Crippen MR) is 115 cm³/mol. The van der Waals surface area contributed by atoms with Gasteiger partial charge >= 0.3 is 12.1 Å². The molecule has 1 saturated heterocycles. The molecule has 1 atom stereocenters. The fraction of sp³-hybridized carbons (Fsp3) is 0.591. The number of likely N-dealkylation sites (tertiary alicyclic amines) is 1. The Morgan fingerprint density at radius 1 is 1.28 bits per heavy atom. The lowest BCUT2D eigenvalue weighted by molar-refractivity contribution is -0.192. The summed E-state index contributed by atoms with van der Waals surface area (Å²) in [6, 6.07) is 4.25. The highest BCUT2D eigenvalue weighted by atomic mass is 19.4. The van der Waals surface area contributed by atoms with Crippen LogP contribution in [0.2, 0.25) is 0 Å². The number of halogens is 3. The Morgan fingerprint density at radius 3 is 2.47 bits per heavy atom. The lowest BCUT2D eigenvalue weighted by Gasteiger charge is -2.29. The van der Waals surface area contributed by atoms with Crippen molar-refractivity contribution in [2.75, 3.05) is 19.6 Å². The molecule has 0 radical (unpaired) electrons. The molecule has 178 valence electrons. The number of carbonyl (C=O) groups is 2. The quantitative estimate of drug-likeness (QED) is 0.733. The molecule has 1 amide bonds. The number of amides is 1. The Hall–Kier alpha value is -2.62. The van der Waals surface area contributed by atoms with Gasteiger partial charge in [-0.2, -0.15) is 18.3 Å². The zero-order valence-electron chi connectivity index (χ0n) is 19.1. The van der Waals surface area contributed by atoms with Crippen molar-refractivity contribution in [2.45, 2.75) is 59.7 Å². The topological polar surface area (TPSA) is 86.9 Å². The van der Waals surface area contributed by atoms with E-state index in [0.717, 1.165) is 43.7 Å². The Balaban J connectivity index is 0.000000451. The van der Waals surface area contributed by atoms with Crippen molar-refractivity contribution in [3.8, 4) is 0 Å². The number of aromatic nitrogens is 2. The molecular formula is C22H31F3N4O3. The molecule has 2 N–H and O–H groups in total. The van der Waals surface area contributed by atoms with Gasteiger partial charge in [0.1, 0.15) is 0 Å². The molecule has 1 fully saturated rings. The van der Waals surface area contributed by atoms with Gasteiger partial charge in [-0.3, -0.25) is 4.79 Å². The SMILES string of the molecule is CCN1CCC(NC(=O)c2cnn3c(C)c(C)ccc23)CC(C)(C)C1.O=C(O)C(F)(F)F. The molecule has 1 unspecified atom stereocenters. The first kappa shape index (κ1) is 25.6. The fourth-order valence-electron chi connectivity index (χ4n) is 3.96. The molecule has 3 heterocycles. The number of rotatable bonds is 3.